The van der Waals surface area contributed by atoms with Crippen LogP contribution in [0.15, 0.2) is 0 Å². The molecule has 8 heteroatoms. The number of nitrogens with one attached hydrogen (secondary N) is 1. The van der Waals surface area contributed by atoms with Gasteiger partial charge in [0.25, 0.3) is 0 Å². The number of carbonyl (C=O) groups excluding carboxylic acids is 1. The van der Waals surface area contributed by atoms with Crippen LogP contribution in [0.2, 0.25) is 0 Å². The van der Waals surface area contributed by atoms with Gasteiger partial charge < -0.3 is 15.2 Å². The lowest BCUT2D eigenvalue weighted by Gasteiger charge is -2.32. The SMILES string of the molecule is O=C(CC1(C(=O)O)CCCCC1)NCCOCC(F)(F)F. The normalized spacial score (nSPS) is 18.2. The minimum absolute atomic E-state index is 0.0649. The molecule has 0 bridgehead atoms. The number of halogens is 3. The van der Waals surface area contributed by atoms with E-state index >= 15 is 0 Å². The zero-order chi connectivity index (χ0) is 15.9. The fourth-order valence-corrected chi connectivity index (χ4v) is 2.52. The Morgan fingerprint density at radius 3 is 2.33 bits per heavy atom. The lowest BCUT2D eigenvalue weighted by molar-refractivity contribution is -0.173. The van der Waals surface area contributed by atoms with Gasteiger partial charge in [-0.2, -0.15) is 13.2 Å². The van der Waals surface area contributed by atoms with Crippen molar-refractivity contribution in [2.45, 2.75) is 44.7 Å². The van der Waals surface area contributed by atoms with E-state index in [1.807, 2.05) is 0 Å². The maximum absolute atomic E-state index is 11.8. The molecule has 122 valence electrons. The molecule has 1 aliphatic carbocycles. The van der Waals surface area contributed by atoms with Crippen LogP contribution in [0.25, 0.3) is 0 Å². The molecule has 0 heterocycles. The molecular formula is C13H20F3NO4. The number of hydrogen-bond donors (Lipinski definition) is 2. The number of carbonyl (C=O) groups is 2. The van der Waals surface area contributed by atoms with Crippen molar-refractivity contribution in [2.24, 2.45) is 5.41 Å². The highest BCUT2D eigenvalue weighted by Crippen LogP contribution is 2.39. The Morgan fingerprint density at radius 2 is 1.81 bits per heavy atom. The summed E-state index contributed by atoms with van der Waals surface area (Å²) in [6.45, 7) is -1.68. The highest BCUT2D eigenvalue weighted by Gasteiger charge is 2.41. The first-order valence-electron chi connectivity index (χ1n) is 6.90. The van der Waals surface area contributed by atoms with Crippen LogP contribution in [0.5, 0.6) is 0 Å². The molecule has 0 unspecified atom stereocenters. The van der Waals surface area contributed by atoms with E-state index < -0.39 is 30.1 Å². The third-order valence-corrected chi connectivity index (χ3v) is 3.60. The summed E-state index contributed by atoms with van der Waals surface area (Å²) in [4.78, 5) is 23.1. The molecule has 0 atom stereocenters. The van der Waals surface area contributed by atoms with Crippen LogP contribution in [-0.2, 0) is 14.3 Å². The summed E-state index contributed by atoms with van der Waals surface area (Å²) in [5.74, 6) is -1.44. The average molecular weight is 311 g/mol. The minimum atomic E-state index is -4.39. The van der Waals surface area contributed by atoms with Crippen LogP contribution in [0, 0.1) is 5.41 Å². The number of alkyl halides is 3. The molecule has 1 aliphatic rings. The molecule has 0 radical (unpaired) electrons. The second-order valence-electron chi connectivity index (χ2n) is 5.34. The van der Waals surface area contributed by atoms with E-state index in [4.69, 9.17) is 0 Å². The number of carboxylic acid groups (broad SMARTS) is 1. The van der Waals surface area contributed by atoms with Crippen LogP contribution in [0.3, 0.4) is 0 Å². The molecule has 0 saturated heterocycles. The van der Waals surface area contributed by atoms with Crippen LogP contribution >= 0.6 is 0 Å². The molecule has 21 heavy (non-hydrogen) atoms. The molecule has 0 aromatic carbocycles. The van der Waals surface area contributed by atoms with Crippen molar-refractivity contribution >= 4 is 11.9 Å². The molecule has 1 saturated carbocycles. The van der Waals surface area contributed by atoms with Crippen molar-refractivity contribution in [3.63, 3.8) is 0 Å². The van der Waals surface area contributed by atoms with Crippen LogP contribution < -0.4 is 5.32 Å². The zero-order valence-electron chi connectivity index (χ0n) is 11.7. The quantitative estimate of drug-likeness (QED) is 0.706. The smallest absolute Gasteiger partial charge is 0.411 e. The van der Waals surface area contributed by atoms with Gasteiger partial charge in [-0.25, -0.2) is 0 Å². The van der Waals surface area contributed by atoms with E-state index in [2.05, 4.69) is 10.1 Å². The van der Waals surface area contributed by atoms with Crippen LogP contribution in [0.1, 0.15) is 38.5 Å². The van der Waals surface area contributed by atoms with Crippen molar-refractivity contribution in [1.29, 1.82) is 0 Å². The second-order valence-corrected chi connectivity index (χ2v) is 5.34. The van der Waals surface area contributed by atoms with Crippen LogP contribution in [0.4, 0.5) is 13.2 Å². The summed E-state index contributed by atoms with van der Waals surface area (Å²) in [6, 6.07) is 0. The number of carboxylic acids is 1. The molecule has 5 nitrogen and oxygen atoms in total. The summed E-state index contributed by atoms with van der Waals surface area (Å²) in [5.41, 5.74) is -1.03. The highest BCUT2D eigenvalue weighted by atomic mass is 19.4. The Morgan fingerprint density at radius 1 is 1.19 bits per heavy atom. The third kappa shape index (κ3) is 6.33. The van der Waals surface area contributed by atoms with Gasteiger partial charge in [0.05, 0.1) is 12.0 Å². The van der Waals surface area contributed by atoms with Gasteiger partial charge in [-0.1, -0.05) is 19.3 Å². The van der Waals surface area contributed by atoms with Crippen molar-refractivity contribution in [3.8, 4) is 0 Å². The molecule has 0 aromatic rings. The fraction of sp³-hybridized carbons (Fsp3) is 0.846. The predicted octanol–water partition coefficient (Wildman–Crippen LogP) is 2.11. The van der Waals surface area contributed by atoms with Crippen LogP contribution in [-0.4, -0.2) is 42.9 Å². The monoisotopic (exact) mass is 311 g/mol. The highest BCUT2D eigenvalue weighted by molar-refractivity contribution is 5.85. The first-order chi connectivity index (χ1) is 9.75. The molecular weight excluding hydrogens is 291 g/mol. The topological polar surface area (TPSA) is 75.6 Å². The second kappa shape index (κ2) is 7.63. The van der Waals surface area contributed by atoms with Gasteiger partial charge in [0.15, 0.2) is 0 Å². The Labute approximate surface area is 120 Å². The Balaban J connectivity index is 2.30. The van der Waals surface area contributed by atoms with Gasteiger partial charge in [0.1, 0.15) is 6.61 Å². The summed E-state index contributed by atoms with van der Waals surface area (Å²) in [5, 5.41) is 11.7. The summed E-state index contributed by atoms with van der Waals surface area (Å²) in [7, 11) is 0. The van der Waals surface area contributed by atoms with E-state index in [1.54, 1.807) is 0 Å². The standard InChI is InChI=1S/C13H20F3NO4/c14-13(15,16)9-21-7-6-17-10(18)8-12(11(19)20)4-2-1-3-5-12/h1-9H2,(H,17,18)(H,19,20). The number of rotatable bonds is 7. The molecule has 2 N–H and O–H groups in total. The molecule has 1 fully saturated rings. The van der Waals surface area contributed by atoms with Gasteiger partial charge in [-0.05, 0) is 12.8 Å². The average Bonchev–Trinajstić information content (AvgIpc) is 2.37. The van der Waals surface area contributed by atoms with Crippen molar-refractivity contribution in [3.05, 3.63) is 0 Å². The zero-order valence-corrected chi connectivity index (χ0v) is 11.7. The first kappa shape index (κ1) is 17.7. The molecule has 1 amide bonds. The maximum atomic E-state index is 11.8. The first-order valence-corrected chi connectivity index (χ1v) is 6.90. The van der Waals surface area contributed by atoms with Gasteiger partial charge in [-0.15, -0.1) is 0 Å². The Bertz CT molecular complexity index is 365. The summed E-state index contributed by atoms with van der Waals surface area (Å²) >= 11 is 0. The van der Waals surface area contributed by atoms with Crippen molar-refractivity contribution in [1.82, 2.24) is 5.32 Å². The molecule has 0 aromatic heterocycles. The van der Waals surface area contributed by atoms with Gasteiger partial charge >= 0.3 is 12.1 Å². The number of amides is 1. The van der Waals surface area contributed by atoms with Gasteiger partial charge in [0.2, 0.25) is 5.91 Å². The molecule has 0 spiro atoms. The van der Waals surface area contributed by atoms with E-state index in [0.29, 0.717) is 12.8 Å². The summed E-state index contributed by atoms with van der Waals surface area (Å²) in [6.07, 6.45) is -1.10. The van der Waals surface area contributed by atoms with Crippen molar-refractivity contribution < 1.29 is 32.6 Å². The number of ether oxygens (including phenoxy) is 1. The third-order valence-electron chi connectivity index (χ3n) is 3.60. The van der Waals surface area contributed by atoms with E-state index in [0.717, 1.165) is 19.3 Å². The molecule has 1 rings (SSSR count). The fourth-order valence-electron chi connectivity index (χ4n) is 2.52. The minimum Gasteiger partial charge on any atom is -0.481 e. The lowest BCUT2D eigenvalue weighted by atomic mass is 9.71. The van der Waals surface area contributed by atoms with E-state index in [1.165, 1.54) is 0 Å². The summed E-state index contributed by atoms with van der Waals surface area (Å²) < 4.78 is 39.8. The van der Waals surface area contributed by atoms with Gasteiger partial charge in [0, 0.05) is 13.0 Å². The molecule has 0 aliphatic heterocycles. The lowest BCUT2D eigenvalue weighted by Crippen LogP contribution is -2.40. The van der Waals surface area contributed by atoms with E-state index in [9.17, 15) is 27.9 Å². The maximum Gasteiger partial charge on any atom is 0.411 e. The Hall–Kier alpha value is -1.31. The number of aliphatic carboxylic acids is 1. The van der Waals surface area contributed by atoms with E-state index in [-0.39, 0.29) is 19.6 Å². The Kier molecular flexibility index (Phi) is 6.44. The largest absolute Gasteiger partial charge is 0.481 e. The van der Waals surface area contributed by atoms with Crippen molar-refractivity contribution in [2.75, 3.05) is 19.8 Å². The van der Waals surface area contributed by atoms with Gasteiger partial charge in [-0.3, -0.25) is 9.59 Å². The number of hydrogen-bond acceptors (Lipinski definition) is 3. The predicted molar refractivity (Wildman–Crippen MR) is 67.7 cm³/mol.